The molecule has 1 aromatic carbocycles. The molecular formula is C17H18N6O4. The van der Waals surface area contributed by atoms with Crippen LogP contribution in [0.25, 0.3) is 10.4 Å². The lowest BCUT2D eigenvalue weighted by atomic mass is 10.0. The van der Waals surface area contributed by atoms with E-state index in [1.54, 1.807) is 18.2 Å². The molecule has 140 valence electrons. The van der Waals surface area contributed by atoms with E-state index in [1.165, 1.54) is 0 Å². The van der Waals surface area contributed by atoms with Crippen molar-refractivity contribution in [3.8, 4) is 0 Å². The van der Waals surface area contributed by atoms with Crippen molar-refractivity contribution in [2.75, 3.05) is 18.4 Å². The highest BCUT2D eigenvalue weighted by molar-refractivity contribution is 6.25. The van der Waals surface area contributed by atoms with E-state index in [9.17, 15) is 19.2 Å². The minimum absolute atomic E-state index is 0.0834. The molecule has 1 atom stereocenters. The highest BCUT2D eigenvalue weighted by Crippen LogP contribution is 2.32. The van der Waals surface area contributed by atoms with E-state index in [4.69, 9.17) is 5.53 Å². The summed E-state index contributed by atoms with van der Waals surface area (Å²) in [6, 6.07) is 3.94. The number of rotatable bonds is 7. The number of anilines is 1. The Hall–Kier alpha value is -3.39. The van der Waals surface area contributed by atoms with Gasteiger partial charge in [-0.3, -0.25) is 29.4 Å². The number of imide groups is 2. The van der Waals surface area contributed by atoms with Crippen LogP contribution in [0.4, 0.5) is 5.69 Å². The van der Waals surface area contributed by atoms with Gasteiger partial charge in [0, 0.05) is 30.1 Å². The highest BCUT2D eigenvalue weighted by atomic mass is 16.2. The molecule has 2 heterocycles. The lowest BCUT2D eigenvalue weighted by molar-refractivity contribution is -0.136. The zero-order chi connectivity index (χ0) is 19.4. The van der Waals surface area contributed by atoms with E-state index < -0.39 is 29.7 Å². The van der Waals surface area contributed by atoms with Gasteiger partial charge in [-0.2, -0.15) is 0 Å². The van der Waals surface area contributed by atoms with Gasteiger partial charge in [0.2, 0.25) is 11.8 Å². The first-order chi connectivity index (χ1) is 13.0. The Kier molecular flexibility index (Phi) is 5.37. The molecule has 27 heavy (non-hydrogen) atoms. The van der Waals surface area contributed by atoms with Crippen LogP contribution >= 0.6 is 0 Å². The van der Waals surface area contributed by atoms with Gasteiger partial charge < -0.3 is 5.32 Å². The number of fused-ring (bicyclic) bond motifs is 1. The molecule has 10 heteroatoms. The zero-order valence-electron chi connectivity index (χ0n) is 14.5. The van der Waals surface area contributed by atoms with E-state index in [0.29, 0.717) is 25.2 Å². The van der Waals surface area contributed by atoms with Crippen LogP contribution in [0.2, 0.25) is 0 Å². The zero-order valence-corrected chi connectivity index (χ0v) is 14.5. The average Bonchev–Trinajstić information content (AvgIpc) is 2.90. The lowest BCUT2D eigenvalue weighted by Crippen LogP contribution is -2.54. The second-order valence-electron chi connectivity index (χ2n) is 6.26. The summed E-state index contributed by atoms with van der Waals surface area (Å²) in [5.74, 6) is -2.11. The van der Waals surface area contributed by atoms with Crippen LogP contribution in [0.5, 0.6) is 0 Å². The molecule has 2 aliphatic heterocycles. The van der Waals surface area contributed by atoms with Gasteiger partial charge in [0.05, 0.1) is 11.1 Å². The maximum absolute atomic E-state index is 12.9. The molecule has 0 saturated carbocycles. The molecule has 10 nitrogen and oxygen atoms in total. The maximum Gasteiger partial charge on any atom is 0.264 e. The Morgan fingerprint density at radius 3 is 2.78 bits per heavy atom. The maximum atomic E-state index is 12.9. The minimum Gasteiger partial charge on any atom is -0.384 e. The van der Waals surface area contributed by atoms with Gasteiger partial charge in [-0.1, -0.05) is 11.2 Å². The van der Waals surface area contributed by atoms with E-state index in [-0.39, 0.29) is 24.0 Å². The number of nitrogens with one attached hydrogen (secondary N) is 2. The number of carbonyl (C=O) groups is 4. The van der Waals surface area contributed by atoms with Crippen molar-refractivity contribution in [3.63, 3.8) is 0 Å². The summed E-state index contributed by atoms with van der Waals surface area (Å²) in [4.78, 5) is 52.6. The number of amides is 4. The van der Waals surface area contributed by atoms with Crippen molar-refractivity contribution in [1.29, 1.82) is 0 Å². The van der Waals surface area contributed by atoms with Crippen molar-refractivity contribution in [2.45, 2.75) is 31.7 Å². The van der Waals surface area contributed by atoms with E-state index in [0.717, 1.165) is 11.3 Å². The van der Waals surface area contributed by atoms with Crippen LogP contribution in [-0.2, 0) is 9.59 Å². The Balaban J connectivity index is 1.75. The molecule has 0 radical (unpaired) electrons. The van der Waals surface area contributed by atoms with E-state index >= 15 is 0 Å². The van der Waals surface area contributed by atoms with Crippen molar-refractivity contribution >= 4 is 29.3 Å². The molecule has 1 saturated heterocycles. The van der Waals surface area contributed by atoms with Gasteiger partial charge in [-0.05, 0) is 36.9 Å². The number of azide groups is 1. The predicted octanol–water partition coefficient (Wildman–Crippen LogP) is 1.59. The fourth-order valence-electron chi connectivity index (χ4n) is 3.24. The van der Waals surface area contributed by atoms with Gasteiger partial charge in [0.1, 0.15) is 6.04 Å². The third-order valence-corrected chi connectivity index (χ3v) is 4.53. The Bertz CT molecular complexity index is 861. The van der Waals surface area contributed by atoms with Crippen molar-refractivity contribution in [1.82, 2.24) is 10.2 Å². The number of unbranched alkanes of at least 4 members (excludes halogenated alkanes) is 1. The minimum atomic E-state index is -0.980. The van der Waals surface area contributed by atoms with Crippen molar-refractivity contribution < 1.29 is 19.2 Å². The number of nitrogens with zero attached hydrogens (tertiary/aromatic N) is 4. The normalized spacial score (nSPS) is 18.8. The molecule has 2 aliphatic rings. The molecule has 3 rings (SSSR count). The molecule has 1 aromatic rings. The summed E-state index contributed by atoms with van der Waals surface area (Å²) in [5, 5.41) is 8.75. The first-order valence-electron chi connectivity index (χ1n) is 8.64. The number of hydrogen-bond acceptors (Lipinski definition) is 6. The number of carbonyl (C=O) groups excluding carboxylic acids is 4. The monoisotopic (exact) mass is 370 g/mol. The number of hydrogen-bond donors (Lipinski definition) is 2. The predicted molar refractivity (Wildman–Crippen MR) is 94.9 cm³/mol. The molecule has 0 aliphatic carbocycles. The van der Waals surface area contributed by atoms with Crippen LogP contribution in [-0.4, -0.2) is 47.7 Å². The van der Waals surface area contributed by atoms with Crippen LogP contribution in [0.3, 0.4) is 0 Å². The lowest BCUT2D eigenvalue weighted by Gasteiger charge is -2.27. The summed E-state index contributed by atoms with van der Waals surface area (Å²) in [6.45, 7) is 0.934. The van der Waals surface area contributed by atoms with E-state index in [1.807, 2.05) is 0 Å². The molecular weight excluding hydrogens is 352 g/mol. The Morgan fingerprint density at radius 1 is 1.22 bits per heavy atom. The SMILES string of the molecule is [N-]=[N+]=NCCCCNc1cccc2c1C(=O)N(C1CCC(=O)NC1=O)C2=O. The quantitative estimate of drug-likeness (QED) is 0.246. The molecule has 1 fully saturated rings. The molecule has 0 bridgehead atoms. The summed E-state index contributed by atoms with van der Waals surface area (Å²) >= 11 is 0. The fourth-order valence-corrected chi connectivity index (χ4v) is 3.24. The third kappa shape index (κ3) is 3.61. The molecule has 4 amide bonds. The Morgan fingerprint density at radius 2 is 2.04 bits per heavy atom. The molecule has 0 aromatic heterocycles. The fraction of sp³-hybridized carbons (Fsp3) is 0.412. The van der Waals surface area contributed by atoms with Crippen LogP contribution in [0.1, 0.15) is 46.4 Å². The smallest absolute Gasteiger partial charge is 0.264 e. The van der Waals surface area contributed by atoms with E-state index in [2.05, 4.69) is 20.7 Å². The second kappa shape index (κ2) is 7.88. The second-order valence-corrected chi connectivity index (χ2v) is 6.26. The van der Waals surface area contributed by atoms with Gasteiger partial charge >= 0.3 is 0 Å². The first-order valence-corrected chi connectivity index (χ1v) is 8.64. The summed E-state index contributed by atoms with van der Waals surface area (Å²) in [7, 11) is 0. The first kappa shape index (κ1) is 18.4. The van der Waals surface area contributed by atoms with Crippen LogP contribution in [0, 0.1) is 0 Å². The largest absolute Gasteiger partial charge is 0.384 e. The standard InChI is InChI=1S/C17H18N6O4/c18-22-20-9-2-1-8-19-11-5-3-4-10-14(11)17(27)23(16(10)26)12-6-7-13(24)21-15(12)25/h3-5,12,19H,1-2,6-9H2,(H,21,24,25). The van der Waals surface area contributed by atoms with Crippen molar-refractivity contribution in [3.05, 3.63) is 39.8 Å². The van der Waals surface area contributed by atoms with Crippen molar-refractivity contribution in [2.24, 2.45) is 5.11 Å². The summed E-state index contributed by atoms with van der Waals surface area (Å²) in [6.07, 6.45) is 1.63. The van der Waals surface area contributed by atoms with Gasteiger partial charge in [-0.25, -0.2) is 0 Å². The molecule has 1 unspecified atom stereocenters. The van der Waals surface area contributed by atoms with Gasteiger partial charge in [0.25, 0.3) is 11.8 Å². The molecule has 2 N–H and O–H groups in total. The summed E-state index contributed by atoms with van der Waals surface area (Å²) in [5.41, 5.74) is 9.24. The highest BCUT2D eigenvalue weighted by Gasteiger charge is 2.45. The third-order valence-electron chi connectivity index (χ3n) is 4.53. The average molecular weight is 370 g/mol. The topological polar surface area (TPSA) is 144 Å². The van der Waals surface area contributed by atoms with Gasteiger partial charge in [-0.15, -0.1) is 0 Å². The number of benzene rings is 1. The van der Waals surface area contributed by atoms with Crippen LogP contribution < -0.4 is 10.6 Å². The van der Waals surface area contributed by atoms with Gasteiger partial charge in [0.15, 0.2) is 0 Å². The molecule has 0 spiro atoms. The summed E-state index contributed by atoms with van der Waals surface area (Å²) < 4.78 is 0. The number of piperidine rings is 1. The Labute approximate surface area is 154 Å². The van der Waals surface area contributed by atoms with Crippen LogP contribution in [0.15, 0.2) is 23.3 Å².